The molecule has 0 spiro atoms. The second-order valence-electron chi connectivity index (χ2n) is 18.9. The summed E-state index contributed by atoms with van der Waals surface area (Å²) in [6.45, 7) is 23.0. The molecular weight excluding hydrogens is 756 g/mol. The van der Waals surface area contributed by atoms with Crippen molar-refractivity contribution >= 4 is 41.7 Å². The number of hydrogen-bond donors (Lipinski definition) is 0. The van der Waals surface area contributed by atoms with Gasteiger partial charge in [0, 0.05) is 41.5 Å². The number of carbonyl (C=O) groups excluding carboxylic acids is 1. The number of rotatable bonds is 9. The molecule has 3 aromatic carbocycles. The number of piperazine rings is 1. The van der Waals surface area contributed by atoms with Crippen molar-refractivity contribution in [3.05, 3.63) is 59.9 Å². The first-order valence-corrected chi connectivity index (χ1v) is 23.9. The highest BCUT2D eigenvalue weighted by molar-refractivity contribution is 6.90. The Morgan fingerprint density at radius 2 is 1.61 bits per heavy atom. The van der Waals surface area contributed by atoms with Gasteiger partial charge in [-0.15, -0.1) is 5.54 Å². The Kier molecular flexibility index (Phi) is 12.0. The summed E-state index contributed by atoms with van der Waals surface area (Å²) in [5, 5.41) is 12.3. The number of aromatic nitrogens is 2. The van der Waals surface area contributed by atoms with Crippen LogP contribution in [-0.4, -0.2) is 90.4 Å². The molecular formula is C48H61FN6O3Si. The molecule has 11 heteroatoms. The van der Waals surface area contributed by atoms with Crippen LogP contribution < -0.4 is 9.64 Å². The van der Waals surface area contributed by atoms with Gasteiger partial charge in [0.1, 0.15) is 31.6 Å². The number of anilines is 1. The summed E-state index contributed by atoms with van der Waals surface area (Å²) in [6, 6.07) is 17.9. The zero-order chi connectivity index (χ0) is 42.3. The van der Waals surface area contributed by atoms with Crippen LogP contribution in [0.25, 0.3) is 32.8 Å². The highest BCUT2D eigenvalue weighted by Gasteiger charge is 2.45. The molecule has 3 saturated heterocycles. The lowest BCUT2D eigenvalue weighted by atomic mass is 9.93. The number of carbonyl (C=O) groups is 1. The fourth-order valence-electron chi connectivity index (χ4n) is 10.5. The van der Waals surface area contributed by atoms with Crippen LogP contribution in [-0.2, 0) is 4.74 Å². The molecule has 0 radical (unpaired) electrons. The summed E-state index contributed by atoms with van der Waals surface area (Å²) < 4.78 is 29.8. The quantitative estimate of drug-likeness (QED) is 0.122. The van der Waals surface area contributed by atoms with Gasteiger partial charge in [-0.2, -0.15) is 15.2 Å². The third kappa shape index (κ3) is 8.13. The van der Waals surface area contributed by atoms with Crippen molar-refractivity contribution < 1.29 is 18.7 Å². The number of nitrogens with zero attached hydrogens (tertiary/aromatic N) is 6. The van der Waals surface area contributed by atoms with Crippen molar-refractivity contribution in [3.8, 4) is 34.7 Å². The molecule has 7 rings (SSSR count). The molecule has 0 unspecified atom stereocenters. The summed E-state index contributed by atoms with van der Waals surface area (Å²) in [5.74, 6) is 3.74. The van der Waals surface area contributed by atoms with Crippen molar-refractivity contribution in [1.29, 1.82) is 5.26 Å². The molecule has 3 fully saturated rings. The van der Waals surface area contributed by atoms with Crippen LogP contribution in [0.3, 0.4) is 0 Å². The van der Waals surface area contributed by atoms with Gasteiger partial charge < -0.3 is 19.3 Å². The van der Waals surface area contributed by atoms with Gasteiger partial charge in [0.25, 0.3) is 0 Å². The topological polar surface area (TPSA) is 94.8 Å². The fraction of sp³-hybridized carbons (Fsp3) is 0.542. The van der Waals surface area contributed by atoms with Crippen molar-refractivity contribution in [3.63, 3.8) is 0 Å². The summed E-state index contributed by atoms with van der Waals surface area (Å²) in [4.78, 5) is 29.3. The van der Waals surface area contributed by atoms with E-state index >= 15 is 4.39 Å². The molecule has 0 N–H and O–H groups in total. The van der Waals surface area contributed by atoms with Crippen molar-refractivity contribution in [2.24, 2.45) is 0 Å². The Bertz CT molecular complexity index is 2280. The van der Waals surface area contributed by atoms with Crippen LogP contribution in [0, 0.1) is 28.6 Å². The predicted octanol–water partition coefficient (Wildman–Crippen LogP) is 10.5. The number of halogens is 1. The van der Waals surface area contributed by atoms with E-state index in [1.807, 2.05) is 56.0 Å². The SMILES string of the molecule is CC(C)[Si](C#Cc1cccc2cccc(-c3ccc4c(N5CCN(C(=O)OC(C)(C)C)[C@@H](CC#N)C5)nc(OCC56CCCN5CCC6)nc4c3F)c12)(C(C)C)C(C)C. The van der Waals surface area contributed by atoms with E-state index in [1.165, 1.54) is 0 Å². The van der Waals surface area contributed by atoms with Gasteiger partial charge in [0.2, 0.25) is 0 Å². The molecule has 0 bridgehead atoms. The van der Waals surface area contributed by atoms with Crippen LogP contribution >= 0.6 is 0 Å². The zero-order valence-corrected chi connectivity index (χ0v) is 37.5. The van der Waals surface area contributed by atoms with E-state index in [0.717, 1.165) is 60.7 Å². The largest absolute Gasteiger partial charge is 0.461 e. The molecule has 0 aliphatic carbocycles. The second-order valence-corrected chi connectivity index (χ2v) is 24.4. The van der Waals surface area contributed by atoms with Crippen LogP contribution in [0.1, 0.15) is 100.0 Å². The van der Waals surface area contributed by atoms with E-state index in [2.05, 4.69) is 82.2 Å². The minimum absolute atomic E-state index is 0.0582. The van der Waals surface area contributed by atoms with Crippen LogP contribution in [0.15, 0.2) is 48.5 Å². The molecule has 3 aliphatic rings. The summed E-state index contributed by atoms with van der Waals surface area (Å²) in [5.41, 5.74) is 6.86. The number of hydrogen-bond acceptors (Lipinski definition) is 8. The summed E-state index contributed by atoms with van der Waals surface area (Å²) in [6.07, 6.45) is 4.01. The molecule has 312 valence electrons. The molecule has 9 nitrogen and oxygen atoms in total. The molecule has 1 atom stereocenters. The summed E-state index contributed by atoms with van der Waals surface area (Å²) in [7, 11) is -2.05. The van der Waals surface area contributed by atoms with Gasteiger partial charge in [-0.1, -0.05) is 83.9 Å². The Labute approximate surface area is 351 Å². The average Bonchev–Trinajstić information content (AvgIpc) is 3.77. The highest BCUT2D eigenvalue weighted by Crippen LogP contribution is 2.43. The smallest absolute Gasteiger partial charge is 0.410 e. The lowest BCUT2D eigenvalue weighted by molar-refractivity contribution is 0.0145. The zero-order valence-electron chi connectivity index (χ0n) is 36.5. The lowest BCUT2D eigenvalue weighted by Gasteiger charge is -2.41. The molecule has 4 heterocycles. The Hall–Kier alpha value is -4.71. The lowest BCUT2D eigenvalue weighted by Crippen LogP contribution is -2.56. The second kappa shape index (κ2) is 16.7. The fourth-order valence-corrected chi connectivity index (χ4v) is 15.7. The predicted molar refractivity (Wildman–Crippen MR) is 238 cm³/mol. The van der Waals surface area contributed by atoms with E-state index in [4.69, 9.17) is 19.4 Å². The third-order valence-corrected chi connectivity index (χ3v) is 19.5. The van der Waals surface area contributed by atoms with Gasteiger partial charge in [0.05, 0.1) is 24.1 Å². The monoisotopic (exact) mass is 816 g/mol. The maximum Gasteiger partial charge on any atom is 0.410 e. The van der Waals surface area contributed by atoms with E-state index in [-0.39, 0.29) is 23.5 Å². The Morgan fingerprint density at radius 1 is 0.932 bits per heavy atom. The first-order valence-electron chi connectivity index (χ1n) is 21.6. The van der Waals surface area contributed by atoms with Gasteiger partial charge in [-0.3, -0.25) is 4.90 Å². The third-order valence-electron chi connectivity index (χ3n) is 13.3. The molecule has 0 saturated carbocycles. The first kappa shape index (κ1) is 42.4. The van der Waals surface area contributed by atoms with Crippen molar-refractivity contribution in [1.82, 2.24) is 19.8 Å². The number of nitriles is 1. The van der Waals surface area contributed by atoms with E-state index in [0.29, 0.717) is 59.6 Å². The minimum atomic E-state index is -2.05. The molecule has 1 amide bonds. The van der Waals surface area contributed by atoms with Crippen molar-refractivity contribution in [2.45, 2.75) is 128 Å². The van der Waals surface area contributed by atoms with Crippen LogP contribution in [0.5, 0.6) is 6.01 Å². The number of amides is 1. The minimum Gasteiger partial charge on any atom is -0.461 e. The molecule has 1 aromatic heterocycles. The number of benzene rings is 3. The van der Waals surface area contributed by atoms with Crippen molar-refractivity contribution in [2.75, 3.05) is 44.2 Å². The van der Waals surface area contributed by atoms with Gasteiger partial charge in [-0.25, -0.2) is 9.18 Å². The van der Waals surface area contributed by atoms with Crippen LogP contribution in [0.2, 0.25) is 16.6 Å². The normalized spacial score (nSPS) is 18.4. The van der Waals surface area contributed by atoms with E-state index < -0.39 is 31.6 Å². The van der Waals surface area contributed by atoms with E-state index in [1.54, 1.807) is 4.90 Å². The number of ether oxygens (including phenoxy) is 2. The molecule has 59 heavy (non-hydrogen) atoms. The van der Waals surface area contributed by atoms with Gasteiger partial charge in [-0.05, 0) is 99.2 Å². The number of fused-ring (bicyclic) bond motifs is 3. The Morgan fingerprint density at radius 3 is 2.25 bits per heavy atom. The van der Waals surface area contributed by atoms with Gasteiger partial charge >= 0.3 is 12.1 Å². The maximum atomic E-state index is 17.6. The van der Waals surface area contributed by atoms with E-state index in [9.17, 15) is 10.1 Å². The Balaban J connectivity index is 1.34. The summed E-state index contributed by atoms with van der Waals surface area (Å²) >= 11 is 0. The standard InChI is InChI=1S/C48H61FN6O3Si/c1-32(2)59(33(3)4,34(5)6)29-21-36-15-10-14-35-16-11-17-38(41(35)36)39-18-19-40-43(42(39)49)51-45(57-31-48-22-12-25-54(48)26-13-23-48)52-44(40)53-27-28-55(37(30-53)20-24-50)46(56)58-47(7,8)9/h10-11,14-19,32-34,37H,12-13,20,22-23,25-28,30-31H2,1-9H3/t37-/m0/s1. The maximum absolute atomic E-state index is 17.6. The molecule has 4 aromatic rings. The first-order chi connectivity index (χ1) is 28.1. The average molecular weight is 817 g/mol. The van der Waals surface area contributed by atoms with Crippen LogP contribution in [0.4, 0.5) is 15.0 Å². The van der Waals surface area contributed by atoms with Gasteiger partial charge in [0.15, 0.2) is 5.82 Å². The highest BCUT2D eigenvalue weighted by atomic mass is 28.3. The molecule has 3 aliphatic heterocycles.